The first kappa shape index (κ1) is 14.1. The maximum Gasteiger partial charge on any atom is 0.338 e. The van der Waals surface area contributed by atoms with Gasteiger partial charge in [-0.1, -0.05) is 36.4 Å². The Labute approximate surface area is 119 Å². The topological polar surface area (TPSA) is 35.5 Å². The first-order valence-corrected chi connectivity index (χ1v) is 6.65. The van der Waals surface area contributed by atoms with Crippen LogP contribution in [0.25, 0.3) is 0 Å². The van der Waals surface area contributed by atoms with Crippen molar-refractivity contribution in [3.05, 3.63) is 65.2 Å². The number of aryl methyl sites for hydroxylation is 1. The van der Waals surface area contributed by atoms with Crippen LogP contribution in [0.3, 0.4) is 0 Å². The van der Waals surface area contributed by atoms with E-state index in [9.17, 15) is 4.79 Å². The molecule has 0 saturated heterocycles. The highest BCUT2D eigenvalue weighted by Crippen LogP contribution is 2.19. The van der Waals surface area contributed by atoms with Crippen LogP contribution >= 0.6 is 0 Å². The van der Waals surface area contributed by atoms with Crippen molar-refractivity contribution in [2.24, 2.45) is 0 Å². The monoisotopic (exact) mass is 270 g/mol. The Morgan fingerprint density at radius 2 is 1.85 bits per heavy atom. The predicted octanol–water partition coefficient (Wildman–Crippen LogP) is 3.75. The molecule has 20 heavy (non-hydrogen) atoms. The van der Waals surface area contributed by atoms with Crippen LogP contribution in [-0.4, -0.2) is 12.6 Å². The Morgan fingerprint density at radius 3 is 2.55 bits per heavy atom. The number of benzene rings is 2. The molecule has 0 saturated carbocycles. The minimum absolute atomic E-state index is 0.310. The van der Waals surface area contributed by atoms with Crippen LogP contribution in [0.2, 0.25) is 0 Å². The summed E-state index contributed by atoms with van der Waals surface area (Å²) in [6, 6.07) is 15.4. The summed E-state index contributed by atoms with van der Waals surface area (Å²) in [7, 11) is 0. The third-order valence-electron chi connectivity index (χ3n) is 2.95. The molecule has 0 fully saturated rings. The molecular weight excluding hydrogens is 252 g/mol. The minimum atomic E-state index is -0.310. The first-order valence-electron chi connectivity index (χ1n) is 6.65. The number of carbonyl (C=O) groups is 1. The Morgan fingerprint density at radius 1 is 1.10 bits per heavy atom. The quantitative estimate of drug-likeness (QED) is 0.776. The molecule has 0 bridgehead atoms. The average Bonchev–Trinajstić information content (AvgIpc) is 2.47. The highest BCUT2D eigenvalue weighted by molar-refractivity contribution is 5.91. The molecule has 104 valence electrons. The lowest BCUT2D eigenvalue weighted by Gasteiger charge is -2.10. The second-order valence-electron chi connectivity index (χ2n) is 4.47. The Hall–Kier alpha value is -2.29. The SMILES string of the molecule is CCOC(=O)c1cc(OCc2ccccc2)ccc1C. The van der Waals surface area contributed by atoms with Crippen molar-refractivity contribution in [3.8, 4) is 5.75 Å². The number of ether oxygens (including phenoxy) is 2. The Bertz CT molecular complexity index is 576. The van der Waals surface area contributed by atoms with Gasteiger partial charge in [0.05, 0.1) is 12.2 Å². The van der Waals surface area contributed by atoms with E-state index in [-0.39, 0.29) is 5.97 Å². The molecule has 2 aromatic rings. The van der Waals surface area contributed by atoms with Gasteiger partial charge in [-0.2, -0.15) is 0 Å². The molecule has 0 aliphatic heterocycles. The molecule has 0 unspecified atom stereocenters. The van der Waals surface area contributed by atoms with Gasteiger partial charge in [-0.3, -0.25) is 0 Å². The largest absolute Gasteiger partial charge is 0.489 e. The molecule has 0 aliphatic rings. The van der Waals surface area contributed by atoms with E-state index in [4.69, 9.17) is 9.47 Å². The zero-order valence-electron chi connectivity index (χ0n) is 11.8. The van der Waals surface area contributed by atoms with Gasteiger partial charge in [0.25, 0.3) is 0 Å². The lowest BCUT2D eigenvalue weighted by atomic mass is 10.1. The van der Waals surface area contributed by atoms with E-state index >= 15 is 0 Å². The molecule has 0 N–H and O–H groups in total. The molecule has 2 aromatic carbocycles. The molecule has 0 heterocycles. The van der Waals surface area contributed by atoms with Crippen LogP contribution in [0, 0.1) is 6.92 Å². The van der Waals surface area contributed by atoms with E-state index in [0.29, 0.717) is 24.5 Å². The van der Waals surface area contributed by atoms with Crippen molar-refractivity contribution < 1.29 is 14.3 Å². The van der Waals surface area contributed by atoms with Crippen molar-refractivity contribution in [2.45, 2.75) is 20.5 Å². The summed E-state index contributed by atoms with van der Waals surface area (Å²) < 4.78 is 10.7. The lowest BCUT2D eigenvalue weighted by molar-refractivity contribution is 0.0525. The standard InChI is InChI=1S/C17H18O3/c1-3-19-17(18)16-11-15(10-9-13(16)2)20-12-14-7-5-4-6-8-14/h4-11H,3,12H2,1-2H3. The summed E-state index contributed by atoms with van der Waals surface area (Å²) in [5.41, 5.74) is 2.53. The van der Waals surface area contributed by atoms with Crippen molar-refractivity contribution in [1.82, 2.24) is 0 Å². The third kappa shape index (κ3) is 3.60. The number of hydrogen-bond donors (Lipinski definition) is 0. The van der Waals surface area contributed by atoms with Crippen molar-refractivity contribution >= 4 is 5.97 Å². The molecule has 0 aromatic heterocycles. The highest BCUT2D eigenvalue weighted by Gasteiger charge is 2.11. The third-order valence-corrected chi connectivity index (χ3v) is 2.95. The van der Waals surface area contributed by atoms with Gasteiger partial charge in [0, 0.05) is 0 Å². The van der Waals surface area contributed by atoms with Gasteiger partial charge in [0.1, 0.15) is 12.4 Å². The molecule has 3 nitrogen and oxygen atoms in total. The number of carbonyl (C=O) groups excluding carboxylic acids is 1. The Balaban J connectivity index is 2.09. The molecular formula is C17H18O3. The van der Waals surface area contributed by atoms with Gasteiger partial charge in [0.2, 0.25) is 0 Å². The van der Waals surface area contributed by atoms with Gasteiger partial charge in [-0.15, -0.1) is 0 Å². The fourth-order valence-corrected chi connectivity index (χ4v) is 1.86. The van der Waals surface area contributed by atoms with Crippen LogP contribution in [0.15, 0.2) is 48.5 Å². The normalized spacial score (nSPS) is 10.1. The minimum Gasteiger partial charge on any atom is -0.489 e. The molecule has 0 spiro atoms. The number of hydrogen-bond acceptors (Lipinski definition) is 3. The van der Waals surface area contributed by atoms with E-state index in [1.807, 2.05) is 49.4 Å². The van der Waals surface area contributed by atoms with E-state index in [1.54, 1.807) is 13.0 Å². The van der Waals surface area contributed by atoms with Gasteiger partial charge in [-0.05, 0) is 37.1 Å². The van der Waals surface area contributed by atoms with Crippen LogP contribution in [0.5, 0.6) is 5.75 Å². The molecule has 0 atom stereocenters. The molecule has 0 radical (unpaired) electrons. The maximum absolute atomic E-state index is 11.8. The van der Waals surface area contributed by atoms with Crippen molar-refractivity contribution in [3.63, 3.8) is 0 Å². The van der Waals surface area contributed by atoms with Crippen LogP contribution in [0.1, 0.15) is 28.4 Å². The summed E-state index contributed by atoms with van der Waals surface area (Å²) in [6.07, 6.45) is 0. The van der Waals surface area contributed by atoms with Crippen LogP contribution in [0.4, 0.5) is 0 Å². The number of esters is 1. The average molecular weight is 270 g/mol. The highest BCUT2D eigenvalue weighted by atomic mass is 16.5. The second-order valence-corrected chi connectivity index (χ2v) is 4.47. The number of rotatable bonds is 5. The summed E-state index contributed by atoms with van der Waals surface area (Å²) in [4.78, 5) is 11.8. The van der Waals surface area contributed by atoms with Gasteiger partial charge in [-0.25, -0.2) is 4.79 Å². The second kappa shape index (κ2) is 6.75. The Kier molecular flexibility index (Phi) is 4.77. The van der Waals surface area contributed by atoms with Crippen LogP contribution in [-0.2, 0) is 11.3 Å². The zero-order valence-corrected chi connectivity index (χ0v) is 11.8. The molecule has 0 amide bonds. The summed E-state index contributed by atoms with van der Waals surface area (Å²) >= 11 is 0. The fraction of sp³-hybridized carbons (Fsp3) is 0.235. The summed E-state index contributed by atoms with van der Waals surface area (Å²) in [6.45, 7) is 4.52. The van der Waals surface area contributed by atoms with E-state index < -0.39 is 0 Å². The molecule has 2 rings (SSSR count). The fourth-order valence-electron chi connectivity index (χ4n) is 1.86. The van der Waals surface area contributed by atoms with Crippen molar-refractivity contribution in [2.75, 3.05) is 6.61 Å². The first-order chi connectivity index (χ1) is 9.70. The zero-order chi connectivity index (χ0) is 14.4. The van der Waals surface area contributed by atoms with E-state index in [0.717, 1.165) is 11.1 Å². The smallest absolute Gasteiger partial charge is 0.338 e. The van der Waals surface area contributed by atoms with Crippen LogP contribution < -0.4 is 4.74 Å². The van der Waals surface area contributed by atoms with Gasteiger partial charge >= 0.3 is 5.97 Å². The van der Waals surface area contributed by atoms with Gasteiger partial charge < -0.3 is 9.47 Å². The predicted molar refractivity (Wildman–Crippen MR) is 77.9 cm³/mol. The van der Waals surface area contributed by atoms with E-state index in [2.05, 4.69) is 0 Å². The maximum atomic E-state index is 11.8. The molecule has 0 aliphatic carbocycles. The van der Waals surface area contributed by atoms with E-state index in [1.165, 1.54) is 0 Å². The summed E-state index contributed by atoms with van der Waals surface area (Å²) in [5.74, 6) is 0.359. The summed E-state index contributed by atoms with van der Waals surface area (Å²) in [5, 5.41) is 0. The molecule has 3 heteroatoms. The lowest BCUT2D eigenvalue weighted by Crippen LogP contribution is -2.07. The van der Waals surface area contributed by atoms with Crippen molar-refractivity contribution in [1.29, 1.82) is 0 Å². The van der Waals surface area contributed by atoms with Gasteiger partial charge in [0.15, 0.2) is 0 Å².